The van der Waals surface area contributed by atoms with Gasteiger partial charge in [0.25, 0.3) is 0 Å². The van der Waals surface area contributed by atoms with Crippen molar-refractivity contribution in [2.24, 2.45) is 0 Å². The maximum Gasteiger partial charge on any atom is 0.121 e. The van der Waals surface area contributed by atoms with Gasteiger partial charge in [0.2, 0.25) is 0 Å². The second-order valence-corrected chi connectivity index (χ2v) is 11.6. The predicted octanol–water partition coefficient (Wildman–Crippen LogP) is 4.40. The molecule has 1 fully saturated rings. The van der Waals surface area contributed by atoms with E-state index in [0.29, 0.717) is 49.3 Å². The van der Waals surface area contributed by atoms with Gasteiger partial charge in [-0.25, -0.2) is 0 Å². The van der Waals surface area contributed by atoms with E-state index in [0.717, 1.165) is 41.0 Å². The molecule has 3 aromatic carbocycles. The summed E-state index contributed by atoms with van der Waals surface area (Å²) in [5.41, 5.74) is 3.24. The van der Waals surface area contributed by atoms with E-state index in [1.165, 1.54) is 18.9 Å². The highest BCUT2D eigenvalue weighted by molar-refractivity contribution is 7.85. The van der Waals surface area contributed by atoms with Crippen molar-refractivity contribution in [2.75, 3.05) is 26.3 Å². The number of ether oxygens (including phenoxy) is 2. The van der Waals surface area contributed by atoms with Gasteiger partial charge < -0.3 is 30.1 Å². The van der Waals surface area contributed by atoms with E-state index in [1.54, 1.807) is 12.1 Å². The molecule has 2 atom stereocenters. The first kappa shape index (κ1) is 29.2. The lowest BCUT2D eigenvalue weighted by atomic mass is 10.1. The van der Waals surface area contributed by atoms with Crippen molar-refractivity contribution in [1.29, 1.82) is 0 Å². The summed E-state index contributed by atoms with van der Waals surface area (Å²) in [6, 6.07) is 20.6. The van der Waals surface area contributed by atoms with Crippen LogP contribution < -0.4 is 10.1 Å². The zero-order valence-electron chi connectivity index (χ0n) is 22.3. The van der Waals surface area contributed by atoms with Gasteiger partial charge in [0.1, 0.15) is 18.1 Å². The fourth-order valence-corrected chi connectivity index (χ4v) is 6.37. The largest absolute Gasteiger partial charge is 0.508 e. The molecule has 0 radical (unpaired) electrons. The lowest BCUT2D eigenvalue weighted by Crippen LogP contribution is -2.23. The van der Waals surface area contributed by atoms with E-state index in [1.807, 2.05) is 48.5 Å². The van der Waals surface area contributed by atoms with Crippen LogP contribution in [0.1, 0.15) is 54.0 Å². The van der Waals surface area contributed by atoms with E-state index >= 15 is 0 Å². The Morgan fingerprint density at radius 2 is 1.77 bits per heavy atom. The summed E-state index contributed by atoms with van der Waals surface area (Å²) < 4.78 is 24.3. The molecule has 0 amide bonds. The van der Waals surface area contributed by atoms with Crippen LogP contribution >= 0.6 is 0 Å². The number of aliphatic hydroxyl groups excluding tert-OH is 2. The molecule has 0 spiro atoms. The number of aromatic hydroxyl groups is 1. The summed E-state index contributed by atoms with van der Waals surface area (Å²) in [6.07, 6.45) is 4.56. The average molecular weight is 554 g/mol. The van der Waals surface area contributed by atoms with Crippen molar-refractivity contribution in [2.45, 2.75) is 61.6 Å². The molecule has 7 nitrogen and oxygen atoms in total. The molecule has 4 N–H and O–H groups in total. The van der Waals surface area contributed by atoms with Gasteiger partial charge in [0, 0.05) is 22.3 Å². The second kappa shape index (κ2) is 15.1. The molecule has 8 heteroatoms. The molecule has 0 heterocycles. The first-order valence-electron chi connectivity index (χ1n) is 13.6. The Morgan fingerprint density at radius 3 is 2.54 bits per heavy atom. The number of phenols is 1. The molecule has 3 aromatic rings. The standard InChI is InChI=1S/C31H39NO6S/c33-21-26-19-25(10-13-30(26)34)31(35)20-32-15-14-23-8-11-27(12-9-23)38-17-16-37-22-24-4-3-7-29(18-24)39(36)28-5-1-2-6-28/h3-4,7-13,18-19,28,31-35H,1-2,5-6,14-17,20-22H2. The molecule has 1 aliphatic rings. The maximum absolute atomic E-state index is 12.8. The summed E-state index contributed by atoms with van der Waals surface area (Å²) in [5, 5.41) is 32.8. The minimum atomic E-state index is -0.931. The zero-order chi connectivity index (χ0) is 27.5. The number of aliphatic hydroxyl groups is 2. The Balaban J connectivity index is 1.10. The molecule has 0 bridgehead atoms. The first-order chi connectivity index (χ1) is 19.0. The van der Waals surface area contributed by atoms with Gasteiger partial charge in [-0.15, -0.1) is 0 Å². The van der Waals surface area contributed by atoms with Gasteiger partial charge in [-0.05, 0) is 78.9 Å². The SMILES string of the molecule is O=S(c1cccc(COCCOc2ccc(CCNCC(O)c3ccc(O)c(CO)c3)cc2)c1)C1CCCC1. The molecular formula is C31H39NO6S. The normalized spacial score (nSPS) is 15.3. The number of hydrogen-bond donors (Lipinski definition) is 4. The fourth-order valence-electron chi connectivity index (χ4n) is 4.74. The summed E-state index contributed by atoms with van der Waals surface area (Å²) in [7, 11) is -0.931. The van der Waals surface area contributed by atoms with Crippen molar-refractivity contribution < 1.29 is 29.0 Å². The van der Waals surface area contributed by atoms with Crippen LogP contribution in [0, 0.1) is 0 Å². The molecule has 0 aromatic heterocycles. The summed E-state index contributed by atoms with van der Waals surface area (Å²) in [6.45, 7) is 2.18. The molecule has 1 aliphatic carbocycles. The average Bonchev–Trinajstić information content (AvgIpc) is 3.51. The van der Waals surface area contributed by atoms with Crippen LogP contribution in [0.2, 0.25) is 0 Å². The van der Waals surface area contributed by atoms with E-state index < -0.39 is 16.9 Å². The minimum absolute atomic E-state index is 0.0244. The molecular weight excluding hydrogens is 514 g/mol. The molecule has 1 saturated carbocycles. The molecule has 0 saturated heterocycles. The minimum Gasteiger partial charge on any atom is -0.508 e. The van der Waals surface area contributed by atoms with Crippen molar-refractivity contribution in [3.8, 4) is 11.5 Å². The number of hydrogen-bond acceptors (Lipinski definition) is 7. The first-order valence-corrected chi connectivity index (χ1v) is 14.8. The van der Waals surface area contributed by atoms with E-state index in [2.05, 4.69) is 5.32 Å². The van der Waals surface area contributed by atoms with Crippen LogP contribution in [-0.2, 0) is 35.2 Å². The van der Waals surface area contributed by atoms with E-state index in [4.69, 9.17) is 9.47 Å². The van der Waals surface area contributed by atoms with Gasteiger partial charge in [-0.1, -0.05) is 43.2 Å². The number of rotatable bonds is 15. The summed E-state index contributed by atoms with van der Waals surface area (Å²) >= 11 is 0. The van der Waals surface area contributed by atoms with E-state index in [9.17, 15) is 19.5 Å². The topological polar surface area (TPSA) is 108 Å². The number of nitrogens with one attached hydrogen (secondary N) is 1. The van der Waals surface area contributed by atoms with Crippen LogP contribution in [0.15, 0.2) is 71.6 Å². The van der Waals surface area contributed by atoms with Crippen molar-refractivity contribution in [3.63, 3.8) is 0 Å². The van der Waals surface area contributed by atoms with E-state index in [-0.39, 0.29) is 12.4 Å². The van der Waals surface area contributed by atoms with Crippen molar-refractivity contribution in [1.82, 2.24) is 5.32 Å². The van der Waals surface area contributed by atoms with Crippen molar-refractivity contribution >= 4 is 10.8 Å². The quantitative estimate of drug-likeness (QED) is 0.207. The Kier molecular flexibility index (Phi) is 11.4. The highest BCUT2D eigenvalue weighted by atomic mass is 32.2. The predicted molar refractivity (Wildman–Crippen MR) is 152 cm³/mol. The Bertz CT molecular complexity index is 1200. The Labute approximate surface area is 233 Å². The molecule has 39 heavy (non-hydrogen) atoms. The zero-order valence-corrected chi connectivity index (χ0v) is 23.1. The smallest absolute Gasteiger partial charge is 0.121 e. The third kappa shape index (κ3) is 8.88. The monoisotopic (exact) mass is 553 g/mol. The molecule has 210 valence electrons. The summed E-state index contributed by atoms with van der Waals surface area (Å²) in [5.74, 6) is 0.808. The highest BCUT2D eigenvalue weighted by Gasteiger charge is 2.22. The van der Waals surface area contributed by atoms with Crippen LogP contribution in [0.5, 0.6) is 11.5 Å². The Morgan fingerprint density at radius 1 is 0.974 bits per heavy atom. The Hall–Kier alpha value is -2.75. The second-order valence-electron chi connectivity index (χ2n) is 9.91. The highest BCUT2D eigenvalue weighted by Crippen LogP contribution is 2.27. The maximum atomic E-state index is 12.8. The van der Waals surface area contributed by atoms with Gasteiger partial charge in [0.05, 0.1) is 36.7 Å². The lowest BCUT2D eigenvalue weighted by molar-refractivity contribution is 0.0888. The molecule has 2 unspecified atom stereocenters. The van der Waals surface area contributed by atoms with Gasteiger partial charge in [-0.3, -0.25) is 4.21 Å². The van der Waals surface area contributed by atoms with Gasteiger partial charge in [0.15, 0.2) is 0 Å². The van der Waals surface area contributed by atoms with Crippen LogP contribution in [0.25, 0.3) is 0 Å². The molecule has 4 rings (SSSR count). The third-order valence-corrected chi connectivity index (χ3v) is 8.81. The van der Waals surface area contributed by atoms with Gasteiger partial charge >= 0.3 is 0 Å². The molecule has 0 aliphatic heterocycles. The lowest BCUT2D eigenvalue weighted by Gasteiger charge is -2.14. The fraction of sp³-hybridized carbons (Fsp3) is 0.419. The van der Waals surface area contributed by atoms with Crippen LogP contribution in [0.3, 0.4) is 0 Å². The van der Waals surface area contributed by atoms with Crippen LogP contribution in [0.4, 0.5) is 0 Å². The van der Waals surface area contributed by atoms with Crippen molar-refractivity contribution in [3.05, 3.63) is 89.0 Å². The third-order valence-electron chi connectivity index (χ3n) is 7.01. The van der Waals surface area contributed by atoms with Crippen LogP contribution in [-0.4, -0.2) is 51.1 Å². The number of benzene rings is 3. The summed E-state index contributed by atoms with van der Waals surface area (Å²) in [4.78, 5) is 0.902. The van der Waals surface area contributed by atoms with Gasteiger partial charge in [-0.2, -0.15) is 0 Å².